The number of sulfone groups is 1. The highest BCUT2D eigenvalue weighted by atomic mass is 32.2. The molecule has 11 heteroatoms. The van der Waals surface area contributed by atoms with Crippen molar-refractivity contribution in [1.29, 1.82) is 0 Å². The molecule has 0 radical (unpaired) electrons. The molecule has 0 atom stereocenters. The summed E-state index contributed by atoms with van der Waals surface area (Å²) in [6.07, 6.45) is 0. The number of anilines is 2. The van der Waals surface area contributed by atoms with Gasteiger partial charge in [0.1, 0.15) is 5.82 Å². The molecule has 37 heavy (non-hydrogen) atoms. The van der Waals surface area contributed by atoms with E-state index in [-0.39, 0.29) is 16.7 Å². The molecule has 2 amide bonds. The number of rotatable bonds is 9. The Labute approximate surface area is 217 Å². The molecule has 2 heterocycles. The minimum Gasteiger partial charge on any atom is -0.378 e. The van der Waals surface area contributed by atoms with Crippen LogP contribution >= 0.6 is 0 Å². The van der Waals surface area contributed by atoms with Crippen LogP contribution in [0.25, 0.3) is 11.4 Å². The van der Waals surface area contributed by atoms with Crippen LogP contribution in [0.5, 0.6) is 0 Å². The molecule has 1 aliphatic heterocycles. The Morgan fingerprint density at radius 2 is 1.73 bits per heavy atom. The van der Waals surface area contributed by atoms with Crippen LogP contribution in [0.4, 0.5) is 16.3 Å². The number of nitrogens with zero attached hydrogens (tertiary/aromatic N) is 4. The van der Waals surface area contributed by atoms with Gasteiger partial charge in [0, 0.05) is 43.5 Å². The predicted molar refractivity (Wildman–Crippen MR) is 143 cm³/mol. The summed E-state index contributed by atoms with van der Waals surface area (Å²) in [5.74, 6) is 0.842. The number of benzene rings is 2. The van der Waals surface area contributed by atoms with Gasteiger partial charge >= 0.3 is 6.03 Å². The quantitative estimate of drug-likeness (QED) is 0.439. The van der Waals surface area contributed by atoms with E-state index in [4.69, 9.17) is 9.72 Å². The van der Waals surface area contributed by atoms with Crippen LogP contribution in [-0.2, 0) is 20.3 Å². The van der Waals surface area contributed by atoms with Crippen LogP contribution in [0, 0.1) is 0 Å². The van der Waals surface area contributed by atoms with Gasteiger partial charge in [-0.2, -0.15) is 0 Å². The van der Waals surface area contributed by atoms with Gasteiger partial charge in [-0.25, -0.2) is 23.2 Å². The standard InChI is InChI=1S/C26H32N6O4S/c1-31(2)13-12-27-26(33)29-21-10-8-20(9-11-21)25-28-22(18-24(30-25)32-14-16-36-17-15-32)19-37(34,35)23-6-4-3-5-7-23/h3-11,18H,12-17,19H2,1-2H3,(H2,27,29,33). The number of hydrogen-bond acceptors (Lipinski definition) is 8. The first-order chi connectivity index (χ1) is 17.8. The summed E-state index contributed by atoms with van der Waals surface area (Å²) in [5.41, 5.74) is 1.76. The van der Waals surface area contributed by atoms with Gasteiger partial charge in [-0.1, -0.05) is 18.2 Å². The number of aromatic nitrogens is 2. The van der Waals surface area contributed by atoms with E-state index in [1.807, 2.05) is 31.1 Å². The van der Waals surface area contributed by atoms with Crippen LogP contribution in [0.1, 0.15) is 5.69 Å². The molecular weight excluding hydrogens is 492 g/mol. The van der Waals surface area contributed by atoms with Crippen LogP contribution in [0.2, 0.25) is 0 Å². The van der Waals surface area contributed by atoms with Crippen molar-refractivity contribution in [3.05, 3.63) is 66.4 Å². The second-order valence-corrected chi connectivity index (χ2v) is 11.0. The highest BCUT2D eigenvalue weighted by Crippen LogP contribution is 2.25. The molecule has 0 unspecified atom stereocenters. The second kappa shape index (κ2) is 12.1. The molecule has 0 aliphatic carbocycles. The number of amides is 2. The van der Waals surface area contributed by atoms with Crippen LogP contribution in [0.15, 0.2) is 65.6 Å². The maximum Gasteiger partial charge on any atom is 0.319 e. The third-order valence-electron chi connectivity index (χ3n) is 5.79. The van der Waals surface area contributed by atoms with Crippen molar-refractivity contribution in [3.8, 4) is 11.4 Å². The first-order valence-electron chi connectivity index (χ1n) is 12.1. The fourth-order valence-electron chi connectivity index (χ4n) is 3.82. The van der Waals surface area contributed by atoms with Crippen molar-refractivity contribution in [2.45, 2.75) is 10.6 Å². The lowest BCUT2D eigenvalue weighted by molar-refractivity contribution is 0.122. The highest BCUT2D eigenvalue weighted by molar-refractivity contribution is 7.90. The molecule has 4 rings (SSSR count). The maximum absolute atomic E-state index is 13.1. The minimum atomic E-state index is -3.58. The third kappa shape index (κ3) is 7.48. The topological polar surface area (TPSA) is 117 Å². The van der Waals surface area contributed by atoms with Crippen molar-refractivity contribution < 1.29 is 17.9 Å². The number of hydrogen-bond donors (Lipinski definition) is 2. The number of likely N-dealkylation sites (N-methyl/N-ethyl adjacent to an activating group) is 1. The van der Waals surface area contributed by atoms with E-state index in [1.54, 1.807) is 48.5 Å². The van der Waals surface area contributed by atoms with E-state index in [0.717, 1.165) is 6.54 Å². The molecule has 0 bridgehead atoms. The molecule has 1 aliphatic rings. The molecule has 0 spiro atoms. The zero-order valence-corrected chi connectivity index (χ0v) is 21.9. The van der Waals surface area contributed by atoms with Crippen LogP contribution < -0.4 is 15.5 Å². The van der Waals surface area contributed by atoms with Crippen molar-refractivity contribution in [2.75, 3.05) is 63.7 Å². The summed E-state index contributed by atoms with van der Waals surface area (Å²) < 4.78 is 31.6. The number of urea groups is 1. The van der Waals surface area contributed by atoms with Gasteiger partial charge in [0.25, 0.3) is 0 Å². The minimum absolute atomic E-state index is 0.239. The van der Waals surface area contributed by atoms with E-state index in [9.17, 15) is 13.2 Å². The van der Waals surface area contributed by atoms with E-state index in [0.29, 0.717) is 61.4 Å². The van der Waals surface area contributed by atoms with Gasteiger partial charge in [0.15, 0.2) is 15.7 Å². The summed E-state index contributed by atoms with van der Waals surface area (Å²) >= 11 is 0. The van der Waals surface area contributed by atoms with Crippen molar-refractivity contribution >= 4 is 27.4 Å². The maximum atomic E-state index is 13.1. The Bertz CT molecular complexity index is 1290. The number of carbonyl (C=O) groups excluding carboxylic acids is 1. The summed E-state index contributed by atoms with van der Waals surface area (Å²) in [6, 6.07) is 17.0. The Hall–Kier alpha value is -3.54. The summed E-state index contributed by atoms with van der Waals surface area (Å²) in [7, 11) is 0.299. The Balaban J connectivity index is 1.57. The molecule has 1 saturated heterocycles. The smallest absolute Gasteiger partial charge is 0.319 e. The SMILES string of the molecule is CN(C)CCNC(=O)Nc1ccc(-c2nc(CS(=O)(=O)c3ccccc3)cc(N3CCOCC3)n2)cc1. The van der Waals surface area contributed by atoms with Gasteiger partial charge in [-0.3, -0.25) is 0 Å². The number of morpholine rings is 1. The van der Waals surface area contributed by atoms with Crippen molar-refractivity contribution in [3.63, 3.8) is 0 Å². The van der Waals surface area contributed by atoms with Crippen molar-refractivity contribution in [1.82, 2.24) is 20.2 Å². The van der Waals surface area contributed by atoms with Gasteiger partial charge in [0.05, 0.1) is 29.6 Å². The average Bonchev–Trinajstić information content (AvgIpc) is 2.89. The van der Waals surface area contributed by atoms with Crippen LogP contribution in [0.3, 0.4) is 0 Å². The predicted octanol–water partition coefficient (Wildman–Crippen LogP) is 2.64. The van der Waals surface area contributed by atoms with E-state index < -0.39 is 9.84 Å². The van der Waals surface area contributed by atoms with Gasteiger partial charge in [0.2, 0.25) is 0 Å². The van der Waals surface area contributed by atoms with Gasteiger partial charge in [-0.15, -0.1) is 0 Å². The largest absolute Gasteiger partial charge is 0.378 e. The lowest BCUT2D eigenvalue weighted by atomic mass is 10.2. The number of carbonyl (C=O) groups is 1. The molecular formula is C26H32N6O4S. The molecule has 1 aromatic heterocycles. The first-order valence-corrected chi connectivity index (χ1v) is 13.7. The van der Waals surface area contributed by atoms with E-state index in [1.165, 1.54) is 0 Å². The summed E-state index contributed by atoms with van der Waals surface area (Å²) in [4.78, 5) is 25.8. The molecule has 3 aromatic rings. The monoisotopic (exact) mass is 524 g/mol. The molecule has 1 fully saturated rings. The zero-order valence-electron chi connectivity index (χ0n) is 21.1. The molecule has 2 N–H and O–H groups in total. The second-order valence-electron chi connectivity index (χ2n) is 8.97. The average molecular weight is 525 g/mol. The fraction of sp³-hybridized carbons (Fsp3) is 0.346. The molecule has 196 valence electrons. The lowest BCUT2D eigenvalue weighted by Gasteiger charge is -2.28. The zero-order chi connectivity index (χ0) is 26.3. The Kier molecular flexibility index (Phi) is 8.70. The van der Waals surface area contributed by atoms with Crippen LogP contribution in [-0.4, -0.2) is 82.8 Å². The van der Waals surface area contributed by atoms with E-state index >= 15 is 0 Å². The van der Waals surface area contributed by atoms with Crippen molar-refractivity contribution in [2.24, 2.45) is 0 Å². The lowest BCUT2D eigenvalue weighted by Crippen LogP contribution is -2.37. The number of nitrogens with one attached hydrogen (secondary N) is 2. The normalized spacial score (nSPS) is 14.0. The molecule has 0 saturated carbocycles. The summed E-state index contributed by atoms with van der Waals surface area (Å²) in [6.45, 7) is 3.75. The summed E-state index contributed by atoms with van der Waals surface area (Å²) in [5, 5.41) is 5.61. The van der Waals surface area contributed by atoms with Gasteiger partial charge in [-0.05, 0) is 50.5 Å². The third-order valence-corrected chi connectivity index (χ3v) is 7.45. The highest BCUT2D eigenvalue weighted by Gasteiger charge is 2.20. The van der Waals surface area contributed by atoms with E-state index in [2.05, 4.69) is 20.5 Å². The molecule has 2 aromatic carbocycles. The molecule has 10 nitrogen and oxygen atoms in total. The van der Waals surface area contributed by atoms with Gasteiger partial charge < -0.3 is 25.2 Å². The first kappa shape index (κ1) is 26.5. The Morgan fingerprint density at radius 1 is 1.03 bits per heavy atom. The Morgan fingerprint density at radius 3 is 2.41 bits per heavy atom. The number of ether oxygens (including phenoxy) is 1. The fourth-order valence-corrected chi connectivity index (χ4v) is 5.09.